The molecule has 0 fully saturated rings. The summed E-state index contributed by atoms with van der Waals surface area (Å²) in [6, 6.07) is 9.73. The minimum atomic E-state index is -0.427. The summed E-state index contributed by atoms with van der Waals surface area (Å²) in [6.07, 6.45) is 1.74. The van der Waals surface area contributed by atoms with Crippen LogP contribution in [0.25, 0.3) is 5.57 Å². The second kappa shape index (κ2) is 4.82. The number of methoxy groups -OCH3 is 1. The summed E-state index contributed by atoms with van der Waals surface area (Å²) in [5, 5.41) is 4.05. The quantitative estimate of drug-likeness (QED) is 0.788. The van der Waals surface area contributed by atoms with E-state index >= 15 is 0 Å². The predicted molar refractivity (Wildman–Crippen MR) is 66.2 cm³/mol. The largest absolute Gasteiger partial charge is 0.468 e. The average molecular weight is 230 g/mol. The number of carbonyl (C=O) groups excluding carboxylic acids is 1. The van der Waals surface area contributed by atoms with Crippen molar-refractivity contribution in [2.45, 2.75) is 6.92 Å². The fourth-order valence-corrected chi connectivity index (χ4v) is 1.87. The molecule has 1 atom stereocenters. The Hall–Kier alpha value is -2.10. The highest BCUT2D eigenvalue weighted by Gasteiger charge is 2.29. The van der Waals surface area contributed by atoms with Crippen LogP contribution in [-0.2, 0) is 9.53 Å². The van der Waals surface area contributed by atoms with E-state index in [2.05, 4.69) is 10.5 Å². The zero-order chi connectivity index (χ0) is 12.3. The monoisotopic (exact) mass is 230 g/mol. The first-order valence-electron chi connectivity index (χ1n) is 5.37. The Kier molecular flexibility index (Phi) is 3.23. The Morgan fingerprint density at radius 3 is 2.71 bits per heavy atom. The third-order valence-electron chi connectivity index (χ3n) is 2.73. The van der Waals surface area contributed by atoms with Crippen molar-refractivity contribution in [2.24, 2.45) is 11.0 Å². The van der Waals surface area contributed by atoms with Gasteiger partial charge in [-0.1, -0.05) is 30.3 Å². The Balaban J connectivity index is 2.39. The van der Waals surface area contributed by atoms with Crippen LogP contribution in [0.3, 0.4) is 0 Å². The van der Waals surface area contributed by atoms with Crippen molar-refractivity contribution in [3.8, 4) is 0 Å². The van der Waals surface area contributed by atoms with Crippen LogP contribution in [0.15, 0.2) is 41.6 Å². The van der Waals surface area contributed by atoms with Gasteiger partial charge >= 0.3 is 5.97 Å². The molecule has 1 aromatic rings. The van der Waals surface area contributed by atoms with E-state index in [9.17, 15) is 4.79 Å². The fourth-order valence-electron chi connectivity index (χ4n) is 1.87. The van der Waals surface area contributed by atoms with Crippen LogP contribution >= 0.6 is 0 Å². The summed E-state index contributed by atoms with van der Waals surface area (Å²) in [7, 11) is 1.39. The molecule has 1 unspecified atom stereocenters. The molecule has 0 aliphatic carbocycles. The van der Waals surface area contributed by atoms with Gasteiger partial charge in [-0.25, -0.2) is 0 Å². The van der Waals surface area contributed by atoms with Gasteiger partial charge in [0.2, 0.25) is 0 Å². The minimum absolute atomic E-state index is 0.289. The number of rotatable bonds is 2. The van der Waals surface area contributed by atoms with Crippen LogP contribution in [0.5, 0.6) is 0 Å². The number of ether oxygens (including phenoxy) is 1. The van der Waals surface area contributed by atoms with Gasteiger partial charge in [-0.15, -0.1) is 0 Å². The van der Waals surface area contributed by atoms with E-state index in [-0.39, 0.29) is 5.97 Å². The zero-order valence-corrected chi connectivity index (χ0v) is 9.81. The molecular formula is C13H14N2O2. The number of hydrazone groups is 1. The van der Waals surface area contributed by atoms with E-state index in [0.717, 1.165) is 11.1 Å². The fraction of sp³-hybridized carbons (Fsp3) is 0.231. The molecule has 0 spiro atoms. The summed E-state index contributed by atoms with van der Waals surface area (Å²) in [5.74, 6) is -0.716. The number of hydrogen-bond acceptors (Lipinski definition) is 4. The van der Waals surface area contributed by atoms with E-state index in [1.807, 2.05) is 37.3 Å². The highest BCUT2D eigenvalue weighted by molar-refractivity contribution is 6.11. The van der Waals surface area contributed by atoms with Gasteiger partial charge in [0.15, 0.2) is 0 Å². The molecule has 0 bridgehead atoms. The maximum Gasteiger partial charge on any atom is 0.319 e. The molecule has 0 saturated carbocycles. The Labute approximate surface area is 100.0 Å². The molecule has 1 aromatic carbocycles. The van der Waals surface area contributed by atoms with Gasteiger partial charge in [0, 0.05) is 6.20 Å². The van der Waals surface area contributed by atoms with Crippen molar-refractivity contribution in [3.05, 3.63) is 42.1 Å². The summed E-state index contributed by atoms with van der Waals surface area (Å²) in [6.45, 7) is 1.81. The van der Waals surface area contributed by atoms with Gasteiger partial charge in [0.05, 0.1) is 12.8 Å². The van der Waals surface area contributed by atoms with E-state index in [4.69, 9.17) is 4.74 Å². The molecule has 4 heteroatoms. The molecular weight excluding hydrogens is 216 g/mol. The van der Waals surface area contributed by atoms with Gasteiger partial charge in [-0.05, 0) is 18.1 Å². The van der Waals surface area contributed by atoms with Crippen molar-refractivity contribution in [3.63, 3.8) is 0 Å². The lowest BCUT2D eigenvalue weighted by atomic mass is 9.89. The van der Waals surface area contributed by atoms with Crippen molar-refractivity contribution < 1.29 is 9.53 Å². The van der Waals surface area contributed by atoms with Crippen molar-refractivity contribution in [1.29, 1.82) is 0 Å². The second-order valence-electron chi connectivity index (χ2n) is 3.80. The van der Waals surface area contributed by atoms with Crippen molar-refractivity contribution >= 4 is 17.3 Å². The summed E-state index contributed by atoms with van der Waals surface area (Å²) in [4.78, 5) is 11.8. The molecule has 0 amide bonds. The van der Waals surface area contributed by atoms with E-state index in [0.29, 0.717) is 5.71 Å². The average Bonchev–Trinajstić information content (AvgIpc) is 2.38. The normalized spacial score (nSPS) is 18.8. The summed E-state index contributed by atoms with van der Waals surface area (Å²) in [5.41, 5.74) is 5.39. The predicted octanol–water partition coefficient (Wildman–Crippen LogP) is 1.80. The lowest BCUT2D eigenvalue weighted by molar-refractivity contribution is -0.141. The number of esters is 1. The molecule has 1 heterocycles. The van der Waals surface area contributed by atoms with Gasteiger partial charge < -0.3 is 4.74 Å². The molecule has 88 valence electrons. The SMILES string of the molecule is COC(=O)C1C(c2ccccc2)=CNN=C1C. The number of benzene rings is 1. The van der Waals surface area contributed by atoms with Gasteiger partial charge in [-0.2, -0.15) is 5.10 Å². The standard InChI is InChI=1S/C13H14N2O2/c1-9-12(13(16)17-2)11(8-14-15-9)10-6-4-3-5-7-10/h3-8,12,14H,1-2H3. The third-order valence-corrected chi connectivity index (χ3v) is 2.73. The Morgan fingerprint density at radius 2 is 2.06 bits per heavy atom. The van der Waals surface area contributed by atoms with E-state index < -0.39 is 5.92 Å². The first-order valence-corrected chi connectivity index (χ1v) is 5.37. The maximum absolute atomic E-state index is 11.8. The Morgan fingerprint density at radius 1 is 1.35 bits per heavy atom. The molecule has 0 saturated heterocycles. The number of nitrogens with one attached hydrogen (secondary N) is 1. The molecule has 1 aliphatic heterocycles. The van der Waals surface area contributed by atoms with Gasteiger partial charge in [0.25, 0.3) is 0 Å². The third kappa shape index (κ3) is 2.20. The van der Waals surface area contributed by atoms with Crippen LogP contribution in [0.2, 0.25) is 0 Å². The second-order valence-corrected chi connectivity index (χ2v) is 3.80. The minimum Gasteiger partial charge on any atom is -0.468 e. The highest BCUT2D eigenvalue weighted by atomic mass is 16.5. The summed E-state index contributed by atoms with van der Waals surface area (Å²) >= 11 is 0. The zero-order valence-electron chi connectivity index (χ0n) is 9.81. The number of carbonyl (C=O) groups is 1. The first kappa shape index (κ1) is 11.4. The number of hydrogen-bond donors (Lipinski definition) is 1. The molecule has 1 aliphatic rings. The molecule has 0 aromatic heterocycles. The molecule has 1 N–H and O–H groups in total. The summed E-state index contributed by atoms with van der Waals surface area (Å²) < 4.78 is 4.82. The number of nitrogens with zero attached hydrogens (tertiary/aromatic N) is 1. The maximum atomic E-state index is 11.8. The van der Waals surface area contributed by atoms with Gasteiger partial charge in [-0.3, -0.25) is 10.2 Å². The lowest BCUT2D eigenvalue weighted by Gasteiger charge is -2.21. The molecule has 0 radical (unpaired) electrons. The van der Waals surface area contributed by atoms with Crippen LogP contribution in [0.4, 0.5) is 0 Å². The van der Waals surface area contributed by atoms with Gasteiger partial charge in [0.1, 0.15) is 5.92 Å². The van der Waals surface area contributed by atoms with E-state index in [1.165, 1.54) is 7.11 Å². The first-order chi connectivity index (χ1) is 8.24. The van der Waals surface area contributed by atoms with Crippen LogP contribution in [0.1, 0.15) is 12.5 Å². The van der Waals surface area contributed by atoms with Crippen LogP contribution in [0, 0.1) is 5.92 Å². The van der Waals surface area contributed by atoms with Crippen molar-refractivity contribution in [1.82, 2.24) is 5.43 Å². The van der Waals surface area contributed by atoms with Crippen molar-refractivity contribution in [2.75, 3.05) is 7.11 Å². The molecule has 4 nitrogen and oxygen atoms in total. The smallest absolute Gasteiger partial charge is 0.319 e. The van der Waals surface area contributed by atoms with E-state index in [1.54, 1.807) is 6.20 Å². The lowest BCUT2D eigenvalue weighted by Crippen LogP contribution is -2.29. The molecule has 2 rings (SSSR count). The Bertz CT molecular complexity index is 477. The molecule has 17 heavy (non-hydrogen) atoms. The van der Waals surface area contributed by atoms with Crippen LogP contribution < -0.4 is 5.43 Å². The van der Waals surface area contributed by atoms with Crippen LogP contribution in [-0.4, -0.2) is 18.8 Å². The highest BCUT2D eigenvalue weighted by Crippen LogP contribution is 2.27. The topological polar surface area (TPSA) is 50.7 Å².